The number of nitrogens with two attached hydrogens (primary N) is 4. The highest BCUT2D eigenvalue weighted by molar-refractivity contribution is 5.95. The standard InChI is InChI=1S/C36H46N10O5/c1-20-13-25(47)14-21(2)27(20)17-31(45-33(49)28(37)11-6-12-42-36(39)40)35(51)46-30(16-24-18-41-19-43-24)34(50)44-29(32(38)48)15-23-9-5-8-22-7-3-4-10-26(22)23/h3-5,7-10,13-14,18-19,28-31,47H,6,11-12,15-17,37H2,1-2H3,(H2,38,48)(H,41,43)(H,44,50)(H,45,49)(H,46,51)(H4,39,40,42)/t28-,29+,30+,31+/m1/s1. The number of imidazole rings is 1. The molecule has 15 heteroatoms. The predicted molar refractivity (Wildman–Crippen MR) is 194 cm³/mol. The molecule has 0 unspecified atom stereocenters. The van der Waals surface area contributed by atoms with E-state index in [0.717, 1.165) is 16.3 Å². The zero-order chi connectivity index (χ0) is 37.1. The van der Waals surface area contributed by atoms with E-state index < -0.39 is 47.8 Å². The van der Waals surface area contributed by atoms with Crippen LogP contribution < -0.4 is 38.9 Å². The van der Waals surface area contributed by atoms with Gasteiger partial charge in [-0.25, -0.2) is 4.98 Å². The molecule has 0 saturated carbocycles. The molecular weight excluding hydrogens is 652 g/mol. The smallest absolute Gasteiger partial charge is 0.243 e. The molecule has 0 aliphatic heterocycles. The molecule has 0 fully saturated rings. The van der Waals surface area contributed by atoms with Crippen molar-refractivity contribution in [3.05, 3.63) is 95.1 Å². The van der Waals surface area contributed by atoms with Crippen LogP contribution >= 0.6 is 0 Å². The van der Waals surface area contributed by atoms with Crippen LogP contribution in [-0.2, 0) is 38.4 Å². The fourth-order valence-electron chi connectivity index (χ4n) is 5.92. The van der Waals surface area contributed by atoms with Crippen molar-refractivity contribution in [2.45, 2.75) is 70.1 Å². The molecule has 0 spiro atoms. The van der Waals surface area contributed by atoms with Crippen LogP contribution in [0.5, 0.6) is 5.75 Å². The zero-order valence-corrected chi connectivity index (χ0v) is 28.7. The summed E-state index contributed by atoms with van der Waals surface area (Å²) in [5.41, 5.74) is 26.2. The van der Waals surface area contributed by atoms with Gasteiger partial charge in [0.25, 0.3) is 0 Å². The Bertz CT molecular complexity index is 1840. The second-order valence-electron chi connectivity index (χ2n) is 12.5. The molecule has 1 aromatic heterocycles. The molecule has 3 aromatic carbocycles. The number of hydrogen-bond acceptors (Lipinski definition) is 8. The first-order valence-electron chi connectivity index (χ1n) is 16.6. The molecule has 4 amide bonds. The Kier molecular flexibility index (Phi) is 13.1. The number of fused-ring (bicyclic) bond motifs is 1. The van der Waals surface area contributed by atoms with E-state index in [2.05, 4.69) is 30.9 Å². The Morgan fingerprint density at radius 3 is 2.12 bits per heavy atom. The quantitative estimate of drug-likeness (QED) is 0.0414. The number of guanidine groups is 1. The maximum atomic E-state index is 14.1. The van der Waals surface area contributed by atoms with Gasteiger partial charge in [0.1, 0.15) is 23.9 Å². The molecule has 13 N–H and O–H groups in total. The van der Waals surface area contributed by atoms with Crippen LogP contribution in [0.4, 0.5) is 0 Å². The number of H-pyrrole nitrogens is 1. The molecule has 1 heterocycles. The Morgan fingerprint density at radius 1 is 0.843 bits per heavy atom. The lowest BCUT2D eigenvalue weighted by molar-refractivity contribution is -0.133. The summed E-state index contributed by atoms with van der Waals surface area (Å²) in [5.74, 6) is -2.69. The number of hydrogen-bond donors (Lipinski definition) is 9. The molecule has 0 aliphatic rings. The van der Waals surface area contributed by atoms with Crippen LogP contribution in [-0.4, -0.2) is 75.4 Å². The average molecular weight is 699 g/mol. The summed E-state index contributed by atoms with van der Waals surface area (Å²) in [6.07, 6.45) is 3.74. The van der Waals surface area contributed by atoms with E-state index in [1.807, 2.05) is 42.5 Å². The van der Waals surface area contributed by atoms with Crippen LogP contribution in [0.1, 0.15) is 40.8 Å². The van der Waals surface area contributed by atoms with Gasteiger partial charge < -0.3 is 49.0 Å². The van der Waals surface area contributed by atoms with E-state index in [0.29, 0.717) is 28.8 Å². The molecular formula is C36H46N10O5. The van der Waals surface area contributed by atoms with Gasteiger partial charge in [0.15, 0.2) is 5.96 Å². The third kappa shape index (κ3) is 10.8. The van der Waals surface area contributed by atoms with Gasteiger partial charge in [-0.15, -0.1) is 0 Å². The van der Waals surface area contributed by atoms with E-state index in [-0.39, 0.29) is 43.9 Å². The third-order valence-corrected chi connectivity index (χ3v) is 8.60. The molecule has 0 bridgehead atoms. The molecule has 0 radical (unpaired) electrons. The number of aryl methyl sites for hydroxylation is 2. The molecule has 51 heavy (non-hydrogen) atoms. The Labute approximate surface area is 295 Å². The first-order valence-corrected chi connectivity index (χ1v) is 16.6. The minimum atomic E-state index is -1.21. The van der Waals surface area contributed by atoms with Crippen molar-refractivity contribution >= 4 is 40.4 Å². The highest BCUT2D eigenvalue weighted by atomic mass is 16.3. The summed E-state index contributed by atoms with van der Waals surface area (Å²) in [5, 5.41) is 20.2. The highest BCUT2D eigenvalue weighted by Crippen LogP contribution is 2.23. The van der Waals surface area contributed by atoms with E-state index in [4.69, 9.17) is 22.9 Å². The lowest BCUT2D eigenvalue weighted by Gasteiger charge is -2.26. The maximum Gasteiger partial charge on any atom is 0.243 e. The molecule has 270 valence electrons. The van der Waals surface area contributed by atoms with Crippen LogP contribution in [0.3, 0.4) is 0 Å². The summed E-state index contributed by atoms with van der Waals surface area (Å²) in [6.45, 7) is 3.83. The minimum absolute atomic E-state index is 0.0143. The largest absolute Gasteiger partial charge is 0.508 e. The van der Waals surface area contributed by atoms with Gasteiger partial charge in [0, 0.05) is 37.7 Å². The third-order valence-electron chi connectivity index (χ3n) is 8.60. The number of aromatic hydroxyl groups is 1. The monoisotopic (exact) mass is 698 g/mol. The molecule has 4 rings (SSSR count). The fourth-order valence-corrected chi connectivity index (χ4v) is 5.92. The number of nitrogens with zero attached hydrogens (tertiary/aromatic N) is 2. The van der Waals surface area contributed by atoms with Crippen molar-refractivity contribution in [1.82, 2.24) is 25.9 Å². The number of aromatic nitrogens is 2. The van der Waals surface area contributed by atoms with E-state index >= 15 is 0 Å². The van der Waals surface area contributed by atoms with Crippen LogP contribution in [0.2, 0.25) is 0 Å². The first-order chi connectivity index (χ1) is 24.3. The van der Waals surface area contributed by atoms with Crippen molar-refractivity contribution in [2.24, 2.45) is 27.9 Å². The van der Waals surface area contributed by atoms with Gasteiger partial charge in [0.2, 0.25) is 23.6 Å². The number of phenolic OH excluding ortho intramolecular Hbond substituents is 1. The number of carbonyl (C=O) groups is 4. The number of nitrogens with one attached hydrogen (secondary N) is 4. The second kappa shape index (κ2) is 17.6. The number of rotatable bonds is 17. The zero-order valence-electron chi connectivity index (χ0n) is 28.7. The Morgan fingerprint density at radius 2 is 1.47 bits per heavy atom. The topological polar surface area (TPSA) is 270 Å². The molecule has 4 aromatic rings. The Hall–Kier alpha value is -5.96. The predicted octanol–water partition coefficient (Wildman–Crippen LogP) is 0.234. The van der Waals surface area contributed by atoms with Gasteiger partial charge in [-0.2, -0.15) is 0 Å². The summed E-state index contributed by atoms with van der Waals surface area (Å²) in [4.78, 5) is 64.7. The summed E-state index contributed by atoms with van der Waals surface area (Å²) < 4.78 is 0. The normalized spacial score (nSPS) is 13.4. The van der Waals surface area contributed by atoms with Crippen LogP contribution in [0.15, 0.2) is 72.1 Å². The fraction of sp³-hybridized carbons (Fsp3) is 0.333. The molecule has 0 saturated heterocycles. The highest BCUT2D eigenvalue weighted by Gasteiger charge is 2.31. The number of aromatic amines is 1. The van der Waals surface area contributed by atoms with Crippen molar-refractivity contribution < 1.29 is 24.3 Å². The minimum Gasteiger partial charge on any atom is -0.508 e. The summed E-state index contributed by atoms with van der Waals surface area (Å²) in [6, 6.07) is 12.0. The van der Waals surface area contributed by atoms with Crippen molar-refractivity contribution in [3.8, 4) is 5.75 Å². The van der Waals surface area contributed by atoms with Crippen LogP contribution in [0.25, 0.3) is 10.8 Å². The lowest BCUT2D eigenvalue weighted by atomic mass is 9.95. The van der Waals surface area contributed by atoms with Gasteiger partial charge in [-0.05, 0) is 71.8 Å². The number of aliphatic imine (C=N–C) groups is 1. The number of carbonyl (C=O) groups excluding carboxylic acids is 4. The number of benzene rings is 3. The van der Waals surface area contributed by atoms with Gasteiger partial charge >= 0.3 is 0 Å². The average Bonchev–Trinajstić information content (AvgIpc) is 3.60. The van der Waals surface area contributed by atoms with Crippen molar-refractivity contribution in [3.63, 3.8) is 0 Å². The van der Waals surface area contributed by atoms with E-state index in [1.165, 1.54) is 12.5 Å². The van der Waals surface area contributed by atoms with Crippen molar-refractivity contribution in [1.29, 1.82) is 0 Å². The maximum absolute atomic E-state index is 14.1. The molecule has 0 aliphatic carbocycles. The molecule has 4 atom stereocenters. The summed E-state index contributed by atoms with van der Waals surface area (Å²) in [7, 11) is 0. The second-order valence-corrected chi connectivity index (χ2v) is 12.5. The number of phenols is 1. The lowest BCUT2D eigenvalue weighted by Crippen LogP contribution is -2.58. The van der Waals surface area contributed by atoms with Gasteiger partial charge in [0.05, 0.1) is 12.4 Å². The SMILES string of the molecule is Cc1cc(O)cc(C)c1C[C@H](NC(=O)[C@H](N)CCCN=C(N)N)C(=O)N[C@@H](Cc1cnc[nH]1)C(=O)N[C@@H](Cc1cccc2ccccc12)C(N)=O. The van der Waals surface area contributed by atoms with Gasteiger partial charge in [-0.1, -0.05) is 42.5 Å². The van der Waals surface area contributed by atoms with E-state index in [9.17, 15) is 24.3 Å². The van der Waals surface area contributed by atoms with Gasteiger partial charge in [-0.3, -0.25) is 24.2 Å². The number of amides is 4. The van der Waals surface area contributed by atoms with Crippen LogP contribution in [0, 0.1) is 13.8 Å². The number of primary amides is 1. The molecule has 15 nitrogen and oxygen atoms in total. The first kappa shape index (κ1) is 37.9. The Balaban J connectivity index is 1.58. The van der Waals surface area contributed by atoms with E-state index in [1.54, 1.807) is 26.0 Å². The van der Waals surface area contributed by atoms with Crippen molar-refractivity contribution in [2.75, 3.05) is 6.54 Å². The summed E-state index contributed by atoms with van der Waals surface area (Å²) >= 11 is 0.